The van der Waals surface area contributed by atoms with Crippen LogP contribution in [-0.2, 0) is 30.0 Å². The number of halogens is 7. The summed E-state index contributed by atoms with van der Waals surface area (Å²) in [6.07, 6.45) is -3.89. The van der Waals surface area contributed by atoms with Crippen LogP contribution in [0.15, 0.2) is 60.7 Å². The van der Waals surface area contributed by atoms with Gasteiger partial charge in [0, 0.05) is 81.0 Å². The van der Waals surface area contributed by atoms with Crippen molar-refractivity contribution in [2.45, 2.75) is 107 Å². The molecule has 432 valence electrons. The first-order chi connectivity index (χ1) is 38.8. The van der Waals surface area contributed by atoms with E-state index < -0.39 is 95.5 Å². The van der Waals surface area contributed by atoms with E-state index in [-0.39, 0.29) is 78.5 Å². The number of rotatable bonds is 14. The lowest BCUT2D eigenvalue weighted by Gasteiger charge is -2.38. The van der Waals surface area contributed by atoms with Gasteiger partial charge in [-0.2, -0.15) is 13.2 Å². The molecule has 0 bridgehead atoms. The Hall–Kier alpha value is -7.83. The Morgan fingerprint density at radius 1 is 0.630 bits per heavy atom. The van der Waals surface area contributed by atoms with E-state index in [0.29, 0.717) is 73.6 Å². The number of fused-ring (bicyclic) bond motifs is 2. The van der Waals surface area contributed by atoms with Crippen LogP contribution in [0.4, 0.5) is 57.4 Å². The van der Waals surface area contributed by atoms with Crippen molar-refractivity contribution in [2.75, 3.05) is 75.3 Å². The summed E-state index contributed by atoms with van der Waals surface area (Å²) in [7, 11) is 3.79. The Morgan fingerprint density at radius 2 is 1.12 bits per heavy atom. The average Bonchev–Trinajstić information content (AvgIpc) is 4.48. The number of alkyl halides is 3. The van der Waals surface area contributed by atoms with Crippen LogP contribution in [-0.4, -0.2) is 133 Å². The summed E-state index contributed by atoms with van der Waals surface area (Å²) < 4.78 is 122. The van der Waals surface area contributed by atoms with Gasteiger partial charge >= 0.3 is 18.4 Å². The van der Waals surface area contributed by atoms with Crippen molar-refractivity contribution >= 4 is 63.1 Å². The number of carbonyl (C=O) groups excluding carboxylic acids is 4. The number of imidazole rings is 2. The van der Waals surface area contributed by atoms with E-state index in [4.69, 9.17) is 24.2 Å². The molecule has 4 aromatic carbocycles. The number of H-pyrrole nitrogens is 2. The molecule has 4 fully saturated rings. The topological polar surface area (TPSA) is 194 Å². The molecule has 6 aromatic rings. The van der Waals surface area contributed by atoms with Crippen molar-refractivity contribution < 1.29 is 64.1 Å². The molecule has 4 aliphatic rings. The number of piperazine rings is 1. The zero-order chi connectivity index (χ0) is 57.6. The van der Waals surface area contributed by atoms with Crippen molar-refractivity contribution in [1.82, 2.24) is 40.4 Å². The first kappa shape index (κ1) is 56.4. The number of nitrogens with zero attached hydrogens (tertiary/aromatic N) is 7. The van der Waals surface area contributed by atoms with Crippen LogP contribution < -0.4 is 25.3 Å². The maximum Gasteiger partial charge on any atom is 0.416 e. The minimum atomic E-state index is -4.51. The third-order valence-corrected chi connectivity index (χ3v) is 16.2. The van der Waals surface area contributed by atoms with Crippen LogP contribution in [0, 0.1) is 23.3 Å². The van der Waals surface area contributed by atoms with E-state index in [2.05, 4.69) is 20.6 Å². The Kier molecular flexibility index (Phi) is 16.0. The molecule has 25 heteroatoms. The molecule has 6 heterocycles. The predicted molar refractivity (Wildman–Crippen MR) is 284 cm³/mol. The van der Waals surface area contributed by atoms with Gasteiger partial charge in [-0.3, -0.25) is 9.59 Å². The van der Waals surface area contributed by atoms with Crippen LogP contribution in [0.25, 0.3) is 22.1 Å². The first-order valence-electron chi connectivity index (χ1n) is 27.0. The number of anilines is 3. The lowest BCUT2D eigenvalue weighted by Crippen LogP contribution is -2.54. The number of nitrogens with one attached hydrogen (secondary N) is 4. The molecule has 0 saturated carbocycles. The largest absolute Gasteiger partial charge is 0.453 e. The van der Waals surface area contributed by atoms with Gasteiger partial charge in [-0.25, -0.2) is 37.1 Å². The van der Waals surface area contributed by atoms with Crippen molar-refractivity contribution in [3.05, 3.63) is 112 Å². The second-order valence-electron chi connectivity index (χ2n) is 20.8. The number of methoxy groups -OCH3 is 3. The van der Waals surface area contributed by atoms with Gasteiger partial charge in [0.15, 0.2) is 11.6 Å². The fourth-order valence-corrected chi connectivity index (χ4v) is 12.0. The predicted octanol–water partition coefficient (Wildman–Crippen LogP) is 9.64. The second kappa shape index (κ2) is 23.0. The Morgan fingerprint density at radius 3 is 1.60 bits per heavy atom. The lowest BCUT2D eigenvalue weighted by molar-refractivity contribution is -0.138. The molecular formula is C56H62F7N11O7. The zero-order valence-corrected chi connectivity index (χ0v) is 45.1. The summed E-state index contributed by atoms with van der Waals surface area (Å²) in [5.41, 5.74) is 0.916. The van der Waals surface area contributed by atoms with Crippen LogP contribution in [0.3, 0.4) is 0 Å². The fraction of sp³-hybridized carbons (Fsp3) is 0.464. The molecule has 2 aromatic heterocycles. The molecule has 0 radical (unpaired) electrons. The van der Waals surface area contributed by atoms with Crippen LogP contribution in [0.1, 0.15) is 111 Å². The molecule has 4 saturated heterocycles. The minimum absolute atomic E-state index is 0.00842. The highest BCUT2D eigenvalue weighted by atomic mass is 19.4. The van der Waals surface area contributed by atoms with E-state index in [9.17, 15) is 32.3 Å². The van der Waals surface area contributed by atoms with E-state index in [1.165, 1.54) is 50.5 Å². The summed E-state index contributed by atoms with van der Waals surface area (Å²) in [6, 6.07) is 7.63. The van der Waals surface area contributed by atoms with Gasteiger partial charge in [-0.1, -0.05) is 6.92 Å². The molecule has 0 spiro atoms. The second-order valence-corrected chi connectivity index (χ2v) is 20.8. The fourth-order valence-electron chi connectivity index (χ4n) is 12.0. The number of amides is 4. The van der Waals surface area contributed by atoms with Crippen LogP contribution >= 0.6 is 0 Å². The van der Waals surface area contributed by atoms with Crippen molar-refractivity contribution in [1.29, 1.82) is 0 Å². The number of likely N-dealkylation sites (tertiary alicyclic amines) is 2. The monoisotopic (exact) mass is 1130 g/mol. The van der Waals surface area contributed by atoms with E-state index in [0.717, 1.165) is 24.3 Å². The summed E-state index contributed by atoms with van der Waals surface area (Å²) in [5, 5.41) is 5.14. The van der Waals surface area contributed by atoms with Crippen molar-refractivity contribution in [3.63, 3.8) is 0 Å². The molecule has 4 amide bonds. The summed E-state index contributed by atoms with van der Waals surface area (Å²) in [5.74, 6) is -3.30. The molecule has 4 aliphatic heterocycles. The van der Waals surface area contributed by atoms with Crippen LogP contribution in [0.2, 0.25) is 0 Å². The number of alkyl carbamates (subject to hydrolysis) is 2. The molecule has 0 unspecified atom stereocenters. The van der Waals surface area contributed by atoms with Gasteiger partial charge < -0.3 is 59.3 Å². The zero-order valence-electron chi connectivity index (χ0n) is 45.1. The van der Waals surface area contributed by atoms with Gasteiger partial charge in [0.2, 0.25) is 11.8 Å². The number of hydrogen-bond acceptors (Lipinski definition) is 12. The molecule has 7 atom stereocenters. The number of benzene rings is 4. The molecule has 10 rings (SSSR count). The number of carbonyl (C=O) groups is 4. The van der Waals surface area contributed by atoms with Crippen molar-refractivity contribution in [3.8, 4) is 0 Å². The van der Waals surface area contributed by atoms with Gasteiger partial charge in [-0.05, 0) is 100 Å². The van der Waals surface area contributed by atoms with E-state index >= 15 is 17.6 Å². The number of ether oxygens (including phenoxy) is 3. The SMILES string of the molecule is CC[C@H](NC(=O)OC)C(=O)N1CCC[C@H]1c1nc2cc(F)c([C@H]3CC[C@H](c4cc5[nH]c([C@@H]6CCCN6C(=O)[C@@H](NC(=O)OC)[C@@H](C)OC)nc5cc4F)N3c3cc(F)c(N4CCN(c5ccc(C(F)(F)F)cc5)CC4)c(F)c3)cc2[nH]1. The Balaban J connectivity index is 0.984. The highest BCUT2D eigenvalue weighted by Gasteiger charge is 2.43. The summed E-state index contributed by atoms with van der Waals surface area (Å²) in [4.78, 5) is 76.4. The maximum absolute atomic E-state index is 17.0. The molecule has 18 nitrogen and oxygen atoms in total. The molecule has 81 heavy (non-hydrogen) atoms. The quantitative estimate of drug-likeness (QED) is 0.0756. The van der Waals surface area contributed by atoms with E-state index in [1.54, 1.807) is 40.7 Å². The smallest absolute Gasteiger partial charge is 0.416 e. The average molecular weight is 1130 g/mol. The molecular weight excluding hydrogens is 1070 g/mol. The normalized spacial score (nSPS) is 20.8. The van der Waals surface area contributed by atoms with Gasteiger partial charge in [-0.15, -0.1) is 0 Å². The third kappa shape index (κ3) is 11.1. The van der Waals surface area contributed by atoms with Gasteiger partial charge in [0.1, 0.15) is 41.1 Å². The highest BCUT2D eigenvalue weighted by Crippen LogP contribution is 2.50. The number of aromatic nitrogens is 4. The Bertz CT molecular complexity index is 3310. The minimum Gasteiger partial charge on any atom is -0.453 e. The van der Waals surface area contributed by atoms with E-state index in [1.807, 2.05) is 4.90 Å². The maximum atomic E-state index is 17.0. The molecule has 0 aliphatic carbocycles. The van der Waals surface area contributed by atoms with Gasteiger partial charge in [0.05, 0.1) is 72.1 Å². The Labute approximate surface area is 461 Å². The highest BCUT2D eigenvalue weighted by molar-refractivity contribution is 5.88. The lowest BCUT2D eigenvalue weighted by atomic mass is 10.0. The number of aromatic amines is 2. The van der Waals surface area contributed by atoms with Crippen LogP contribution in [0.5, 0.6) is 0 Å². The number of hydrogen-bond donors (Lipinski definition) is 4. The summed E-state index contributed by atoms with van der Waals surface area (Å²) >= 11 is 0. The first-order valence-corrected chi connectivity index (χ1v) is 27.0. The summed E-state index contributed by atoms with van der Waals surface area (Å²) in [6.45, 7) is 4.84. The standard InChI is InChI=1S/C56H62F7N11O7/c1-6-39(68-54(77)80-4)52(75)72-17-7-9-46(72)50-64-40-25-33(35(57)27-42(40)66-50)44-15-16-45(74(44)32-23-37(59)49(38(60)24-32)71-21-19-70(20-22-71)31-13-11-30(12-14-31)56(61,62)63)34-26-41-43(28-36(34)58)67-51(65-41)47-10-8-18-73(47)53(76)48(29(2)79-3)69-55(78)81-5/h11-14,23-29,39,44-48H,6-10,15-22H2,1-5H3,(H,64,66)(H,65,67)(H,68,77)(H,69,78)/t29-,39+,44-,45-,46+,47+,48+/m1/s1. The molecule has 4 N–H and O–H groups in total. The van der Waals surface area contributed by atoms with Gasteiger partial charge in [0.25, 0.3) is 0 Å². The van der Waals surface area contributed by atoms with Crippen molar-refractivity contribution in [2.24, 2.45) is 0 Å². The third-order valence-electron chi connectivity index (χ3n) is 16.2.